The number of hydrazine groups is 1. The van der Waals surface area contributed by atoms with E-state index in [0.29, 0.717) is 6.54 Å². The van der Waals surface area contributed by atoms with Crippen molar-refractivity contribution in [1.82, 2.24) is 15.4 Å². The highest BCUT2D eigenvalue weighted by Crippen LogP contribution is 2.22. The molecule has 7 heteroatoms. The van der Waals surface area contributed by atoms with Crippen LogP contribution in [0.25, 0.3) is 16.9 Å². The van der Waals surface area contributed by atoms with Crippen LogP contribution in [0.2, 0.25) is 0 Å². The molecule has 2 heterocycles. The smallest absolute Gasteiger partial charge is 0.286 e. The van der Waals surface area contributed by atoms with Gasteiger partial charge >= 0.3 is 0 Å². The van der Waals surface area contributed by atoms with E-state index in [9.17, 15) is 0 Å². The highest BCUT2D eigenvalue weighted by Gasteiger charge is 2.16. The van der Waals surface area contributed by atoms with Gasteiger partial charge in [0.2, 0.25) is 0 Å². The van der Waals surface area contributed by atoms with Crippen LogP contribution in [0.5, 0.6) is 0 Å². The van der Waals surface area contributed by atoms with Gasteiger partial charge < -0.3 is 11.3 Å². The van der Waals surface area contributed by atoms with E-state index in [4.69, 9.17) is 5.84 Å². The molecule has 1 aromatic carbocycles. The highest BCUT2D eigenvalue weighted by molar-refractivity contribution is 7.99. The number of thioether (sulfide) groups is 1. The van der Waals surface area contributed by atoms with Crippen LogP contribution in [0.4, 0.5) is 0 Å². The fourth-order valence-corrected chi connectivity index (χ4v) is 3.61. The largest absolute Gasteiger partial charge is 0.322 e. The van der Waals surface area contributed by atoms with Gasteiger partial charge in [0, 0.05) is 23.1 Å². The van der Waals surface area contributed by atoms with Crippen LogP contribution in [-0.4, -0.2) is 16.7 Å². The summed E-state index contributed by atoms with van der Waals surface area (Å²) in [6.07, 6.45) is 7.00. The minimum Gasteiger partial charge on any atom is -0.322 e. The number of imidazole rings is 1. The molecule has 0 spiro atoms. The molecule has 4 N–H and O–H groups in total. The third-order valence-electron chi connectivity index (χ3n) is 4.15. The maximum atomic E-state index is 5.03. The molecule has 0 aliphatic rings. The fourth-order valence-electron chi connectivity index (χ4n) is 2.82. The maximum Gasteiger partial charge on any atom is 0.286 e. The minimum atomic E-state index is 0.689. The molecule has 26 heavy (non-hydrogen) atoms. The van der Waals surface area contributed by atoms with Gasteiger partial charge in [0.15, 0.2) is 5.69 Å². The topological polar surface area (TPSA) is 71.5 Å². The predicted molar refractivity (Wildman–Crippen MR) is 108 cm³/mol. The molecule has 0 fully saturated rings. The number of hydrazone groups is 1. The van der Waals surface area contributed by atoms with E-state index in [1.807, 2.05) is 11.8 Å². The van der Waals surface area contributed by atoms with Crippen molar-refractivity contribution in [3.05, 3.63) is 54.4 Å². The van der Waals surface area contributed by atoms with Crippen molar-refractivity contribution in [2.75, 3.05) is 5.75 Å². The summed E-state index contributed by atoms with van der Waals surface area (Å²) in [5.41, 5.74) is 10.6. The molecule has 0 unspecified atom stereocenters. The second-order valence-electron chi connectivity index (χ2n) is 6.03. The van der Waals surface area contributed by atoms with Crippen molar-refractivity contribution in [1.29, 1.82) is 0 Å². The van der Waals surface area contributed by atoms with Crippen LogP contribution in [0.3, 0.4) is 0 Å². The van der Waals surface area contributed by atoms with Gasteiger partial charge in [0.05, 0.1) is 7.05 Å². The molecule has 3 rings (SSSR count). The first-order valence-electron chi connectivity index (χ1n) is 8.66. The first kappa shape index (κ1) is 18.3. The van der Waals surface area contributed by atoms with Crippen molar-refractivity contribution in [3.8, 4) is 11.3 Å². The number of hydrogen-bond donors (Lipinski definition) is 3. The summed E-state index contributed by atoms with van der Waals surface area (Å²) in [6.45, 7) is 2.90. The van der Waals surface area contributed by atoms with E-state index in [-0.39, 0.29) is 0 Å². The Morgan fingerprint density at radius 1 is 1.19 bits per heavy atom. The van der Waals surface area contributed by atoms with Crippen molar-refractivity contribution < 1.29 is 4.40 Å². The van der Waals surface area contributed by atoms with Gasteiger partial charge in [0.25, 0.3) is 5.65 Å². The van der Waals surface area contributed by atoms with E-state index >= 15 is 0 Å². The van der Waals surface area contributed by atoms with Crippen LogP contribution in [0.1, 0.15) is 18.9 Å². The molecule has 0 aliphatic heterocycles. The molecule has 3 aromatic rings. The fraction of sp³-hybridized carbons (Fsp3) is 0.263. The summed E-state index contributed by atoms with van der Waals surface area (Å²) in [5.74, 6) is 6.18. The molecule has 0 amide bonds. The summed E-state index contributed by atoms with van der Waals surface area (Å²) in [7, 11) is 2.11. The number of nitrogens with one attached hydrogen (secondary N) is 2. The van der Waals surface area contributed by atoms with Crippen molar-refractivity contribution >= 4 is 23.7 Å². The van der Waals surface area contributed by atoms with E-state index in [1.165, 1.54) is 40.1 Å². The first-order chi connectivity index (χ1) is 12.7. The number of benzene rings is 1. The Bertz CT molecular complexity index is 885. The molecule has 0 atom stereocenters. The number of pyridine rings is 1. The number of nitrogens with zero attached hydrogens (tertiary/aromatic N) is 3. The maximum absolute atomic E-state index is 5.03. The van der Waals surface area contributed by atoms with Gasteiger partial charge in [-0.25, -0.2) is 14.4 Å². The van der Waals surface area contributed by atoms with E-state index < -0.39 is 0 Å². The van der Waals surface area contributed by atoms with E-state index in [2.05, 4.69) is 87.7 Å². The van der Waals surface area contributed by atoms with Gasteiger partial charge in [-0.15, -0.1) is 11.8 Å². The molecule has 0 saturated heterocycles. The van der Waals surface area contributed by atoms with Gasteiger partial charge in [-0.1, -0.05) is 31.2 Å². The van der Waals surface area contributed by atoms with Crippen LogP contribution in [-0.2, 0) is 13.6 Å². The summed E-state index contributed by atoms with van der Waals surface area (Å²) in [4.78, 5) is 1.30. The number of aromatic nitrogens is 2. The van der Waals surface area contributed by atoms with Gasteiger partial charge in [-0.05, 0) is 23.8 Å². The molecule has 0 saturated carbocycles. The van der Waals surface area contributed by atoms with Gasteiger partial charge in [-0.2, -0.15) is 5.10 Å². The number of rotatable bonds is 8. The highest BCUT2D eigenvalue weighted by atomic mass is 32.2. The monoisotopic (exact) mass is 369 g/mol. The zero-order valence-corrected chi connectivity index (χ0v) is 16.0. The Balaban J connectivity index is 1.79. The lowest BCUT2D eigenvalue weighted by molar-refractivity contribution is -0.512. The standard InChI is InChI=1S/C19H25N6S/c1-3-10-26-17-8-9-19-24(2)18(13-25(19)12-17)16-6-4-15(5-7-16)11-22-23-14-21-20/h4-9,12-14,22H,3,10-11,20H2,1-2H3,(H,21,23)/q+1. The lowest BCUT2D eigenvalue weighted by Crippen LogP contribution is -2.30. The molecule has 0 aliphatic carbocycles. The Morgan fingerprint density at radius 3 is 2.73 bits per heavy atom. The third kappa shape index (κ3) is 4.17. The number of nitrogens with two attached hydrogens (primary N) is 1. The quantitative estimate of drug-likeness (QED) is 0.108. The Labute approximate surface area is 158 Å². The SMILES string of the molecule is CCCSc1ccc2n(C)c(-c3ccc(CNNC=NN)cc3)c[n+]2c1. The average molecular weight is 370 g/mol. The second-order valence-corrected chi connectivity index (χ2v) is 7.19. The Morgan fingerprint density at radius 2 is 2.00 bits per heavy atom. The van der Waals surface area contributed by atoms with Crippen LogP contribution in [0, 0.1) is 0 Å². The average Bonchev–Trinajstić information content (AvgIpc) is 3.00. The lowest BCUT2D eigenvalue weighted by Gasteiger charge is -2.04. The van der Waals surface area contributed by atoms with Crippen molar-refractivity contribution in [2.24, 2.45) is 18.0 Å². The summed E-state index contributed by atoms with van der Waals surface area (Å²) in [6, 6.07) is 12.9. The Hall–Kier alpha value is -2.51. The Kier molecular flexibility index (Phi) is 6.14. The zero-order valence-electron chi connectivity index (χ0n) is 15.1. The van der Waals surface area contributed by atoms with Crippen LogP contribution >= 0.6 is 11.8 Å². The molecular formula is C19H25N6S+. The van der Waals surface area contributed by atoms with Gasteiger partial charge in [0.1, 0.15) is 18.7 Å². The molecule has 0 bridgehead atoms. The van der Waals surface area contributed by atoms with Crippen molar-refractivity contribution in [3.63, 3.8) is 0 Å². The normalized spacial score (nSPS) is 11.5. The third-order valence-corrected chi connectivity index (χ3v) is 5.34. The number of aryl methyl sites for hydroxylation is 1. The molecule has 2 aromatic heterocycles. The summed E-state index contributed by atoms with van der Waals surface area (Å²) >= 11 is 1.90. The predicted octanol–water partition coefficient (Wildman–Crippen LogP) is 2.43. The summed E-state index contributed by atoms with van der Waals surface area (Å²) in [5, 5.41) is 3.37. The molecule has 136 valence electrons. The first-order valence-corrected chi connectivity index (χ1v) is 9.64. The summed E-state index contributed by atoms with van der Waals surface area (Å²) < 4.78 is 4.43. The molecule has 6 nitrogen and oxygen atoms in total. The molecular weight excluding hydrogens is 344 g/mol. The zero-order chi connectivity index (χ0) is 18.4. The molecule has 0 radical (unpaired) electrons. The number of fused-ring (bicyclic) bond motifs is 1. The van der Waals surface area contributed by atoms with Gasteiger partial charge in [-0.3, -0.25) is 0 Å². The van der Waals surface area contributed by atoms with Crippen LogP contribution in [0.15, 0.2) is 58.8 Å². The minimum absolute atomic E-state index is 0.689. The van der Waals surface area contributed by atoms with E-state index in [1.54, 1.807) is 0 Å². The van der Waals surface area contributed by atoms with Crippen molar-refractivity contribution in [2.45, 2.75) is 24.8 Å². The number of hydrogen-bond acceptors (Lipinski definition) is 4. The second kappa shape index (κ2) is 8.73. The van der Waals surface area contributed by atoms with E-state index in [0.717, 1.165) is 5.75 Å². The van der Waals surface area contributed by atoms with Crippen LogP contribution < -0.4 is 21.1 Å². The lowest BCUT2D eigenvalue weighted by atomic mass is 10.1.